The summed E-state index contributed by atoms with van der Waals surface area (Å²) < 4.78 is 0.886. The normalized spacial score (nSPS) is 19.8. The Morgan fingerprint density at radius 3 is 1.56 bits per heavy atom. The second-order valence-corrected chi connectivity index (χ2v) is 3.45. The van der Waals surface area contributed by atoms with Crippen LogP contribution in [0.1, 0.15) is 32.1 Å². The van der Waals surface area contributed by atoms with Crippen LogP contribution in [0.4, 0.5) is 9.41 Å². The Bertz CT molecular complexity index is 53.0. The van der Waals surface area contributed by atoms with Crippen LogP contribution in [-0.4, -0.2) is 0 Å². The van der Waals surface area contributed by atoms with Crippen molar-refractivity contribution < 1.29 is 28.6 Å². The molecule has 1 aliphatic carbocycles. The predicted octanol–water partition coefficient (Wildman–Crippen LogP) is 2.59. The molecule has 0 nitrogen and oxygen atoms in total. The molecule has 0 bridgehead atoms. The maximum absolute atomic E-state index is 3.34. The van der Waals surface area contributed by atoms with Gasteiger partial charge in [-0.05, 0) is 0 Å². The van der Waals surface area contributed by atoms with Crippen LogP contribution in [-0.2, 0) is 19.2 Å². The van der Waals surface area contributed by atoms with Gasteiger partial charge in [-0.2, -0.15) is 0 Å². The van der Waals surface area contributed by atoms with Crippen molar-refractivity contribution in [1.29, 1.82) is 0 Å². The standard InChI is InChI=1S/C6H11.2FH.Pd/c1-2-4-6-5-3-1;;;/h1H,2-6H2;2*1H;. The van der Waals surface area contributed by atoms with E-state index in [1.807, 2.05) is 0 Å². The first kappa shape index (κ1) is 12.2. The van der Waals surface area contributed by atoms with Crippen LogP contribution in [0.5, 0.6) is 0 Å². The fourth-order valence-corrected chi connectivity index (χ4v) is 1.66. The molecule has 1 aliphatic rings. The van der Waals surface area contributed by atoms with Gasteiger partial charge in [0.05, 0.1) is 0 Å². The average molecular weight is 230 g/mol. The van der Waals surface area contributed by atoms with E-state index < -0.39 is 0 Å². The minimum atomic E-state index is 0. The molecule has 61 valence electrons. The zero-order valence-corrected chi connectivity index (χ0v) is 6.80. The van der Waals surface area contributed by atoms with Crippen molar-refractivity contribution in [3.63, 3.8) is 0 Å². The molecular weight excluding hydrogens is 216 g/mol. The Balaban J connectivity index is 0. The Hall–Kier alpha value is 0.522. The summed E-state index contributed by atoms with van der Waals surface area (Å²) in [4.78, 5) is 0. The molecular formula is C6H13F2Pd. The van der Waals surface area contributed by atoms with E-state index in [-0.39, 0.29) is 9.41 Å². The fourth-order valence-electron chi connectivity index (χ4n) is 1.03. The summed E-state index contributed by atoms with van der Waals surface area (Å²) >= 11 is 3.34. The zero-order valence-electron chi connectivity index (χ0n) is 5.25. The van der Waals surface area contributed by atoms with Crippen molar-refractivity contribution in [3.8, 4) is 0 Å². The SMILES string of the molecule is F.F.[Pd][CH]1CCCCC1. The third kappa shape index (κ3) is 4.99. The minimum absolute atomic E-state index is 0. The summed E-state index contributed by atoms with van der Waals surface area (Å²) in [6, 6.07) is 0. The third-order valence-corrected chi connectivity index (χ3v) is 2.40. The third-order valence-electron chi connectivity index (χ3n) is 1.50. The fraction of sp³-hybridized carbons (Fsp3) is 1.00. The molecule has 1 fully saturated rings. The number of rotatable bonds is 0. The van der Waals surface area contributed by atoms with Crippen LogP contribution in [0.25, 0.3) is 0 Å². The van der Waals surface area contributed by atoms with Gasteiger partial charge in [-0.3, -0.25) is 9.41 Å². The van der Waals surface area contributed by atoms with Gasteiger partial charge in [-0.25, -0.2) is 0 Å². The van der Waals surface area contributed by atoms with E-state index in [9.17, 15) is 0 Å². The molecule has 0 unspecified atom stereocenters. The van der Waals surface area contributed by atoms with Gasteiger partial charge in [0.1, 0.15) is 0 Å². The van der Waals surface area contributed by atoms with E-state index in [1.54, 1.807) is 0 Å². The van der Waals surface area contributed by atoms with Gasteiger partial charge in [0.25, 0.3) is 0 Å². The summed E-state index contributed by atoms with van der Waals surface area (Å²) in [6.45, 7) is 0. The second-order valence-electron chi connectivity index (χ2n) is 2.18. The van der Waals surface area contributed by atoms with E-state index in [0.717, 1.165) is 4.39 Å². The number of hydrogen-bond acceptors (Lipinski definition) is 0. The first-order chi connectivity index (χ1) is 3.39. The maximum atomic E-state index is 3.34. The summed E-state index contributed by atoms with van der Waals surface area (Å²) in [6.07, 6.45) is 7.20. The molecule has 0 aromatic heterocycles. The van der Waals surface area contributed by atoms with Crippen molar-refractivity contribution in [2.75, 3.05) is 0 Å². The Labute approximate surface area is 65.5 Å². The molecule has 0 spiro atoms. The molecule has 0 amide bonds. The summed E-state index contributed by atoms with van der Waals surface area (Å²) in [5.74, 6) is 0. The summed E-state index contributed by atoms with van der Waals surface area (Å²) in [5, 5.41) is 0. The molecule has 0 heterocycles. The van der Waals surface area contributed by atoms with Crippen LogP contribution in [0.3, 0.4) is 0 Å². The molecule has 0 saturated heterocycles. The van der Waals surface area contributed by atoms with Crippen molar-refractivity contribution in [2.24, 2.45) is 0 Å². The van der Waals surface area contributed by atoms with Crippen LogP contribution in [0, 0.1) is 0 Å². The van der Waals surface area contributed by atoms with E-state index in [4.69, 9.17) is 0 Å². The molecule has 9 heavy (non-hydrogen) atoms. The van der Waals surface area contributed by atoms with Crippen LogP contribution in [0.15, 0.2) is 0 Å². The van der Waals surface area contributed by atoms with Gasteiger partial charge in [0.15, 0.2) is 0 Å². The van der Waals surface area contributed by atoms with Crippen molar-refractivity contribution in [1.82, 2.24) is 0 Å². The number of halogens is 2. The topological polar surface area (TPSA) is 0 Å². The monoisotopic (exact) mass is 229 g/mol. The van der Waals surface area contributed by atoms with Gasteiger partial charge in [0, 0.05) is 0 Å². The molecule has 3 heteroatoms. The quantitative estimate of drug-likeness (QED) is 0.560. The second kappa shape index (κ2) is 6.64. The van der Waals surface area contributed by atoms with Crippen LogP contribution >= 0.6 is 0 Å². The van der Waals surface area contributed by atoms with E-state index >= 15 is 0 Å². The van der Waals surface area contributed by atoms with Gasteiger partial charge in [-0.15, -0.1) is 0 Å². The Morgan fingerprint density at radius 1 is 0.889 bits per heavy atom. The predicted molar refractivity (Wildman–Crippen MR) is 31.8 cm³/mol. The summed E-state index contributed by atoms with van der Waals surface area (Å²) in [5.41, 5.74) is 0. The molecule has 0 aromatic carbocycles. The summed E-state index contributed by atoms with van der Waals surface area (Å²) in [7, 11) is 0. The molecule has 0 atom stereocenters. The van der Waals surface area contributed by atoms with Gasteiger partial charge in [0.2, 0.25) is 0 Å². The molecule has 0 radical (unpaired) electrons. The van der Waals surface area contributed by atoms with Crippen LogP contribution < -0.4 is 0 Å². The number of hydrogen-bond donors (Lipinski definition) is 0. The first-order valence-corrected chi connectivity index (χ1v) is 3.90. The van der Waals surface area contributed by atoms with Crippen molar-refractivity contribution in [2.45, 2.75) is 36.5 Å². The average Bonchev–Trinajstić information content (AvgIpc) is 1.69. The van der Waals surface area contributed by atoms with E-state index in [0.29, 0.717) is 0 Å². The molecule has 1 rings (SSSR count). The van der Waals surface area contributed by atoms with Crippen molar-refractivity contribution in [3.05, 3.63) is 0 Å². The van der Waals surface area contributed by atoms with Gasteiger partial charge < -0.3 is 0 Å². The van der Waals surface area contributed by atoms with Crippen LogP contribution in [0.2, 0.25) is 4.39 Å². The molecule has 0 N–H and O–H groups in total. The molecule has 0 aliphatic heterocycles. The Kier molecular flexibility index (Phi) is 9.02. The first-order valence-electron chi connectivity index (χ1n) is 3.00. The zero-order chi connectivity index (χ0) is 5.11. The van der Waals surface area contributed by atoms with E-state index in [2.05, 4.69) is 19.2 Å². The molecule has 0 aromatic rings. The Morgan fingerprint density at radius 2 is 1.33 bits per heavy atom. The van der Waals surface area contributed by atoms with Gasteiger partial charge >= 0.3 is 55.7 Å². The molecule has 1 saturated carbocycles. The van der Waals surface area contributed by atoms with E-state index in [1.165, 1.54) is 32.1 Å². The van der Waals surface area contributed by atoms with Crippen molar-refractivity contribution >= 4 is 0 Å². The van der Waals surface area contributed by atoms with Gasteiger partial charge in [-0.1, -0.05) is 0 Å².